The lowest BCUT2D eigenvalue weighted by atomic mass is 10.4. The van der Waals surface area contributed by atoms with Crippen LogP contribution >= 0.6 is 0 Å². The highest BCUT2D eigenvalue weighted by atomic mass is 16.5. The average molecular weight is 235 g/mol. The molecule has 2 aromatic heterocycles. The maximum atomic E-state index is 11.1. The minimum atomic E-state index is -0.526. The molecule has 0 aliphatic carbocycles. The third-order valence-corrected chi connectivity index (χ3v) is 1.89. The summed E-state index contributed by atoms with van der Waals surface area (Å²) in [6.45, 7) is 0.364. The van der Waals surface area contributed by atoms with E-state index < -0.39 is 5.97 Å². The Kier molecular flexibility index (Phi) is 3.24. The molecule has 2 heterocycles. The fourth-order valence-corrected chi connectivity index (χ4v) is 1.08. The Morgan fingerprint density at radius 1 is 1.47 bits per heavy atom. The Bertz CT molecular complexity index is 482. The average Bonchev–Trinajstić information content (AvgIpc) is 2.89. The van der Waals surface area contributed by atoms with Gasteiger partial charge in [-0.05, 0) is 12.1 Å². The monoisotopic (exact) mass is 235 g/mol. The molecule has 0 bridgehead atoms. The van der Waals surface area contributed by atoms with Gasteiger partial charge in [0, 0.05) is 0 Å². The van der Waals surface area contributed by atoms with Gasteiger partial charge in [-0.1, -0.05) is 5.16 Å². The molecule has 17 heavy (non-hydrogen) atoms. The molecule has 1 N–H and O–H groups in total. The normalized spacial score (nSPS) is 9.94. The van der Waals surface area contributed by atoms with Crippen LogP contribution in [0.3, 0.4) is 0 Å². The number of methoxy groups -OCH3 is 1. The van der Waals surface area contributed by atoms with E-state index in [1.165, 1.54) is 19.6 Å². The molecule has 0 spiro atoms. The minimum absolute atomic E-state index is 0.151. The van der Waals surface area contributed by atoms with Gasteiger partial charge in [0.05, 0.1) is 13.7 Å². The molecule has 0 aliphatic rings. The molecule has 0 saturated carbocycles. The molecule has 0 saturated heterocycles. The first-order chi connectivity index (χ1) is 8.29. The van der Waals surface area contributed by atoms with Crippen molar-refractivity contribution in [2.24, 2.45) is 0 Å². The first-order valence-corrected chi connectivity index (χ1v) is 4.71. The molecule has 0 fully saturated rings. The molecule has 2 rings (SSSR count). The SMILES string of the molecule is COC(=O)c1ccc(NCc2ncon2)nn1. The standard InChI is InChI=1S/C9H9N5O3/c1-16-9(15)6-2-3-7(13-12-6)10-4-8-11-5-17-14-8/h2-3,5H,4H2,1H3,(H,10,13). The molecule has 0 atom stereocenters. The number of esters is 1. The van der Waals surface area contributed by atoms with Crippen LogP contribution < -0.4 is 5.32 Å². The highest BCUT2D eigenvalue weighted by Gasteiger charge is 2.07. The second kappa shape index (κ2) is 5.01. The van der Waals surface area contributed by atoms with Crippen molar-refractivity contribution in [1.29, 1.82) is 0 Å². The Morgan fingerprint density at radius 3 is 2.94 bits per heavy atom. The van der Waals surface area contributed by atoms with Gasteiger partial charge in [0.1, 0.15) is 5.82 Å². The van der Waals surface area contributed by atoms with E-state index in [1.807, 2.05) is 0 Å². The number of carbonyl (C=O) groups is 1. The minimum Gasteiger partial charge on any atom is -0.464 e. The third kappa shape index (κ3) is 2.74. The summed E-state index contributed by atoms with van der Waals surface area (Å²) in [5, 5.41) is 14.0. The maximum Gasteiger partial charge on any atom is 0.358 e. The quantitative estimate of drug-likeness (QED) is 0.752. The molecule has 8 heteroatoms. The third-order valence-electron chi connectivity index (χ3n) is 1.89. The van der Waals surface area contributed by atoms with Crippen LogP contribution in [0.25, 0.3) is 0 Å². The van der Waals surface area contributed by atoms with Crippen LogP contribution in [0.5, 0.6) is 0 Å². The summed E-state index contributed by atoms with van der Waals surface area (Å²) in [7, 11) is 1.28. The van der Waals surface area contributed by atoms with Crippen LogP contribution in [0.1, 0.15) is 16.3 Å². The van der Waals surface area contributed by atoms with Crippen LogP contribution in [-0.4, -0.2) is 33.4 Å². The maximum absolute atomic E-state index is 11.1. The number of hydrogen-bond donors (Lipinski definition) is 1. The van der Waals surface area contributed by atoms with Crippen LogP contribution in [0.2, 0.25) is 0 Å². The van der Waals surface area contributed by atoms with E-state index in [0.29, 0.717) is 18.2 Å². The molecule has 0 aromatic carbocycles. The predicted molar refractivity (Wildman–Crippen MR) is 55.0 cm³/mol. The molecule has 0 unspecified atom stereocenters. The van der Waals surface area contributed by atoms with Crippen LogP contribution in [0.4, 0.5) is 5.82 Å². The summed E-state index contributed by atoms with van der Waals surface area (Å²) in [5.74, 6) is 0.480. The van der Waals surface area contributed by atoms with Crippen LogP contribution in [0.15, 0.2) is 23.0 Å². The van der Waals surface area contributed by atoms with Gasteiger partial charge >= 0.3 is 5.97 Å². The number of hydrogen-bond acceptors (Lipinski definition) is 8. The molecular weight excluding hydrogens is 226 g/mol. The van der Waals surface area contributed by atoms with Crippen molar-refractivity contribution in [2.45, 2.75) is 6.54 Å². The van der Waals surface area contributed by atoms with Crippen molar-refractivity contribution >= 4 is 11.8 Å². The van der Waals surface area contributed by atoms with Gasteiger partial charge in [0.25, 0.3) is 0 Å². The highest BCUT2D eigenvalue weighted by Crippen LogP contribution is 2.04. The fourth-order valence-electron chi connectivity index (χ4n) is 1.08. The van der Waals surface area contributed by atoms with Gasteiger partial charge in [0.2, 0.25) is 6.39 Å². The number of carbonyl (C=O) groups excluding carboxylic acids is 1. The van der Waals surface area contributed by atoms with Crippen molar-refractivity contribution in [3.63, 3.8) is 0 Å². The smallest absolute Gasteiger partial charge is 0.358 e. The van der Waals surface area contributed by atoms with E-state index in [4.69, 9.17) is 0 Å². The molecule has 0 amide bonds. The summed E-state index contributed by atoms with van der Waals surface area (Å²) in [6.07, 6.45) is 1.24. The first-order valence-electron chi connectivity index (χ1n) is 4.71. The van der Waals surface area contributed by atoms with E-state index in [9.17, 15) is 4.79 Å². The molecule has 0 aliphatic heterocycles. The van der Waals surface area contributed by atoms with Gasteiger partial charge in [-0.2, -0.15) is 4.98 Å². The lowest BCUT2D eigenvalue weighted by Crippen LogP contribution is -2.08. The number of ether oxygens (including phenoxy) is 1. The summed E-state index contributed by atoms with van der Waals surface area (Å²) in [5.41, 5.74) is 0.151. The van der Waals surface area contributed by atoms with E-state index in [-0.39, 0.29) is 5.69 Å². The van der Waals surface area contributed by atoms with Gasteiger partial charge in [-0.25, -0.2) is 4.79 Å². The molecule has 8 nitrogen and oxygen atoms in total. The zero-order valence-electron chi connectivity index (χ0n) is 8.95. The van der Waals surface area contributed by atoms with Crippen molar-refractivity contribution in [3.8, 4) is 0 Å². The predicted octanol–water partition coefficient (Wildman–Crippen LogP) is 0.258. The zero-order valence-corrected chi connectivity index (χ0v) is 8.95. The van der Waals surface area contributed by atoms with Crippen molar-refractivity contribution in [3.05, 3.63) is 30.0 Å². The van der Waals surface area contributed by atoms with E-state index >= 15 is 0 Å². The molecular formula is C9H9N5O3. The summed E-state index contributed by atoms with van der Waals surface area (Å²) in [6, 6.07) is 3.12. The molecule has 0 radical (unpaired) electrons. The summed E-state index contributed by atoms with van der Waals surface area (Å²) in [4.78, 5) is 14.9. The molecule has 2 aromatic rings. The van der Waals surface area contributed by atoms with Gasteiger partial charge in [-0.15, -0.1) is 10.2 Å². The largest absolute Gasteiger partial charge is 0.464 e. The van der Waals surface area contributed by atoms with Gasteiger partial charge in [-0.3, -0.25) is 0 Å². The first kappa shape index (κ1) is 11.0. The van der Waals surface area contributed by atoms with E-state index in [0.717, 1.165) is 0 Å². The molecule has 88 valence electrons. The Morgan fingerprint density at radius 2 is 2.35 bits per heavy atom. The van der Waals surface area contributed by atoms with E-state index in [1.54, 1.807) is 6.07 Å². The second-order valence-corrected chi connectivity index (χ2v) is 3.00. The fraction of sp³-hybridized carbons (Fsp3) is 0.222. The van der Waals surface area contributed by atoms with Gasteiger partial charge < -0.3 is 14.6 Å². The van der Waals surface area contributed by atoms with Gasteiger partial charge in [0.15, 0.2) is 11.5 Å². The van der Waals surface area contributed by atoms with E-state index in [2.05, 4.69) is 34.9 Å². The lowest BCUT2D eigenvalue weighted by molar-refractivity contribution is 0.0593. The Hall–Kier alpha value is -2.51. The number of nitrogens with zero attached hydrogens (tertiary/aromatic N) is 4. The highest BCUT2D eigenvalue weighted by molar-refractivity contribution is 5.86. The summed E-state index contributed by atoms with van der Waals surface area (Å²) < 4.78 is 9.07. The Balaban J connectivity index is 1.96. The number of rotatable bonds is 4. The number of aromatic nitrogens is 4. The zero-order chi connectivity index (χ0) is 12.1. The van der Waals surface area contributed by atoms with Crippen molar-refractivity contribution in [2.75, 3.05) is 12.4 Å². The van der Waals surface area contributed by atoms with Crippen molar-refractivity contribution in [1.82, 2.24) is 20.3 Å². The number of nitrogens with one attached hydrogen (secondary N) is 1. The number of anilines is 1. The summed E-state index contributed by atoms with van der Waals surface area (Å²) >= 11 is 0. The Labute approximate surface area is 96.0 Å². The van der Waals surface area contributed by atoms with Crippen molar-refractivity contribution < 1.29 is 14.1 Å². The topological polar surface area (TPSA) is 103 Å². The lowest BCUT2D eigenvalue weighted by Gasteiger charge is -2.02. The van der Waals surface area contributed by atoms with Crippen LogP contribution in [0, 0.1) is 0 Å². The second-order valence-electron chi connectivity index (χ2n) is 3.00. The van der Waals surface area contributed by atoms with Crippen LogP contribution in [-0.2, 0) is 11.3 Å².